The first-order valence-corrected chi connectivity index (χ1v) is 7.67. The molecule has 2 nitrogen and oxygen atoms in total. The number of aryl methyl sites for hydroxylation is 1. The molecule has 0 saturated heterocycles. The molecule has 0 aromatic heterocycles. The van der Waals surface area contributed by atoms with E-state index in [1.54, 1.807) is 7.11 Å². The van der Waals surface area contributed by atoms with E-state index in [1.807, 2.05) is 6.07 Å². The summed E-state index contributed by atoms with van der Waals surface area (Å²) in [7, 11) is 3.76. The van der Waals surface area contributed by atoms with Crippen molar-refractivity contribution in [2.24, 2.45) is 5.41 Å². The van der Waals surface area contributed by atoms with E-state index in [0.29, 0.717) is 11.5 Å². The van der Waals surface area contributed by atoms with Crippen LogP contribution >= 0.6 is 15.9 Å². The van der Waals surface area contributed by atoms with Gasteiger partial charge in [0.15, 0.2) is 0 Å². The Hall–Kier alpha value is -0.540. The van der Waals surface area contributed by atoms with E-state index in [1.165, 1.54) is 22.9 Å². The lowest BCUT2D eigenvalue weighted by atomic mass is 9.83. The number of methoxy groups -OCH3 is 1. The van der Waals surface area contributed by atoms with Gasteiger partial charge in [0.05, 0.1) is 7.11 Å². The molecular weight excluding hydrogens is 302 g/mol. The van der Waals surface area contributed by atoms with Gasteiger partial charge in [-0.05, 0) is 55.5 Å². The standard InChI is InChI=1S/C16H26BrNO/c1-16(2,3)15(18-4)8-6-7-12-11-13(19-5)9-10-14(12)17/h9-11,15,18H,6-8H2,1-5H3. The largest absolute Gasteiger partial charge is 0.497 e. The zero-order chi connectivity index (χ0) is 14.5. The minimum absolute atomic E-state index is 0.306. The van der Waals surface area contributed by atoms with Crippen molar-refractivity contribution < 1.29 is 4.74 Å². The second-order valence-corrected chi connectivity index (χ2v) is 6.91. The molecule has 0 radical (unpaired) electrons. The topological polar surface area (TPSA) is 21.3 Å². The molecule has 0 aliphatic rings. The third-order valence-corrected chi connectivity index (χ3v) is 4.36. The molecular formula is C16H26BrNO. The van der Waals surface area contributed by atoms with Crippen LogP contribution in [0, 0.1) is 5.41 Å². The molecule has 1 rings (SSSR count). The van der Waals surface area contributed by atoms with Gasteiger partial charge < -0.3 is 10.1 Å². The van der Waals surface area contributed by atoms with E-state index >= 15 is 0 Å². The fourth-order valence-corrected chi connectivity index (χ4v) is 2.82. The third-order valence-electron chi connectivity index (χ3n) is 3.59. The Balaban J connectivity index is 2.57. The second kappa shape index (κ2) is 7.30. The summed E-state index contributed by atoms with van der Waals surface area (Å²) in [5, 5.41) is 3.43. The summed E-state index contributed by atoms with van der Waals surface area (Å²) < 4.78 is 6.45. The first-order chi connectivity index (χ1) is 8.88. The molecule has 0 saturated carbocycles. The van der Waals surface area contributed by atoms with Crippen LogP contribution in [0.25, 0.3) is 0 Å². The average Bonchev–Trinajstić information content (AvgIpc) is 2.35. The molecule has 1 N–H and O–H groups in total. The molecule has 1 unspecified atom stereocenters. The predicted molar refractivity (Wildman–Crippen MR) is 85.9 cm³/mol. The van der Waals surface area contributed by atoms with Gasteiger partial charge in [0, 0.05) is 10.5 Å². The van der Waals surface area contributed by atoms with Crippen LogP contribution in [0.3, 0.4) is 0 Å². The minimum Gasteiger partial charge on any atom is -0.497 e. The Morgan fingerprint density at radius 3 is 2.53 bits per heavy atom. The van der Waals surface area contributed by atoms with E-state index in [-0.39, 0.29) is 0 Å². The predicted octanol–water partition coefficient (Wildman–Crippen LogP) is 4.41. The lowest BCUT2D eigenvalue weighted by Gasteiger charge is -2.30. The maximum Gasteiger partial charge on any atom is 0.119 e. The fourth-order valence-electron chi connectivity index (χ4n) is 2.38. The van der Waals surface area contributed by atoms with Gasteiger partial charge in [0.25, 0.3) is 0 Å². The normalized spacial score (nSPS) is 13.4. The average molecular weight is 328 g/mol. The highest BCUT2D eigenvalue weighted by molar-refractivity contribution is 9.10. The van der Waals surface area contributed by atoms with Crippen molar-refractivity contribution in [2.75, 3.05) is 14.2 Å². The molecule has 0 amide bonds. The highest BCUT2D eigenvalue weighted by Crippen LogP contribution is 2.26. The van der Waals surface area contributed by atoms with Gasteiger partial charge in [-0.3, -0.25) is 0 Å². The summed E-state index contributed by atoms with van der Waals surface area (Å²) in [5.41, 5.74) is 1.63. The van der Waals surface area contributed by atoms with Gasteiger partial charge in [-0.25, -0.2) is 0 Å². The summed E-state index contributed by atoms with van der Waals surface area (Å²) in [6, 6.07) is 6.72. The summed E-state index contributed by atoms with van der Waals surface area (Å²) in [4.78, 5) is 0. The Morgan fingerprint density at radius 2 is 2.00 bits per heavy atom. The Kier molecular flexibility index (Phi) is 6.34. The van der Waals surface area contributed by atoms with E-state index < -0.39 is 0 Å². The van der Waals surface area contributed by atoms with Crippen LogP contribution in [0.15, 0.2) is 22.7 Å². The van der Waals surface area contributed by atoms with Crippen molar-refractivity contribution in [3.8, 4) is 5.75 Å². The van der Waals surface area contributed by atoms with E-state index in [0.717, 1.165) is 12.2 Å². The number of benzene rings is 1. The highest BCUT2D eigenvalue weighted by atomic mass is 79.9. The van der Waals surface area contributed by atoms with Gasteiger partial charge in [-0.15, -0.1) is 0 Å². The Bertz CT molecular complexity index is 398. The molecule has 108 valence electrons. The van der Waals surface area contributed by atoms with Gasteiger partial charge in [0.1, 0.15) is 5.75 Å². The summed E-state index contributed by atoms with van der Waals surface area (Å²) in [5.74, 6) is 0.930. The smallest absolute Gasteiger partial charge is 0.119 e. The maximum absolute atomic E-state index is 5.28. The zero-order valence-corrected chi connectivity index (χ0v) is 14.3. The van der Waals surface area contributed by atoms with E-state index in [9.17, 15) is 0 Å². The quantitative estimate of drug-likeness (QED) is 0.835. The van der Waals surface area contributed by atoms with Crippen molar-refractivity contribution in [3.05, 3.63) is 28.2 Å². The van der Waals surface area contributed by atoms with Crippen LogP contribution in [0.2, 0.25) is 0 Å². The summed E-state index contributed by atoms with van der Waals surface area (Å²) in [6.45, 7) is 6.86. The van der Waals surface area contributed by atoms with Gasteiger partial charge >= 0.3 is 0 Å². The number of nitrogens with one attached hydrogen (secondary N) is 1. The molecule has 0 spiro atoms. The fraction of sp³-hybridized carbons (Fsp3) is 0.625. The molecule has 0 heterocycles. The van der Waals surface area contributed by atoms with Crippen molar-refractivity contribution in [1.29, 1.82) is 0 Å². The van der Waals surface area contributed by atoms with Gasteiger partial charge in [0.2, 0.25) is 0 Å². The third kappa shape index (κ3) is 5.15. The molecule has 0 bridgehead atoms. The van der Waals surface area contributed by atoms with Crippen LogP contribution in [0.5, 0.6) is 5.75 Å². The van der Waals surface area contributed by atoms with Crippen LogP contribution in [-0.4, -0.2) is 20.2 Å². The van der Waals surface area contributed by atoms with Crippen molar-refractivity contribution in [3.63, 3.8) is 0 Å². The van der Waals surface area contributed by atoms with Crippen LogP contribution in [0.4, 0.5) is 0 Å². The van der Waals surface area contributed by atoms with Crippen molar-refractivity contribution in [1.82, 2.24) is 5.32 Å². The highest BCUT2D eigenvalue weighted by Gasteiger charge is 2.22. The van der Waals surface area contributed by atoms with Crippen LogP contribution in [0.1, 0.15) is 39.2 Å². The van der Waals surface area contributed by atoms with Crippen LogP contribution < -0.4 is 10.1 Å². The number of rotatable bonds is 6. The Labute approximate surface area is 126 Å². The van der Waals surface area contributed by atoms with Crippen molar-refractivity contribution >= 4 is 15.9 Å². The van der Waals surface area contributed by atoms with E-state index in [2.05, 4.69) is 61.2 Å². The number of hydrogen-bond acceptors (Lipinski definition) is 2. The van der Waals surface area contributed by atoms with Crippen LogP contribution in [-0.2, 0) is 6.42 Å². The SMILES string of the molecule is CNC(CCCc1cc(OC)ccc1Br)C(C)(C)C. The molecule has 0 fully saturated rings. The number of halogens is 1. The van der Waals surface area contributed by atoms with Crippen molar-refractivity contribution in [2.45, 2.75) is 46.1 Å². The van der Waals surface area contributed by atoms with Gasteiger partial charge in [-0.1, -0.05) is 36.7 Å². The molecule has 0 aliphatic carbocycles. The summed E-state index contributed by atoms with van der Waals surface area (Å²) >= 11 is 3.61. The van der Waals surface area contributed by atoms with E-state index in [4.69, 9.17) is 4.74 Å². The second-order valence-electron chi connectivity index (χ2n) is 6.06. The van der Waals surface area contributed by atoms with Gasteiger partial charge in [-0.2, -0.15) is 0 Å². The molecule has 0 aliphatic heterocycles. The number of hydrogen-bond donors (Lipinski definition) is 1. The lowest BCUT2D eigenvalue weighted by molar-refractivity contribution is 0.263. The first kappa shape index (κ1) is 16.5. The molecule has 3 heteroatoms. The molecule has 1 atom stereocenters. The Morgan fingerprint density at radius 1 is 1.32 bits per heavy atom. The molecule has 1 aromatic rings. The minimum atomic E-state index is 0.306. The maximum atomic E-state index is 5.28. The monoisotopic (exact) mass is 327 g/mol. The molecule has 1 aromatic carbocycles. The molecule has 19 heavy (non-hydrogen) atoms. The summed E-state index contributed by atoms with van der Waals surface area (Å²) in [6.07, 6.45) is 3.43. The zero-order valence-electron chi connectivity index (χ0n) is 12.7. The number of ether oxygens (including phenoxy) is 1. The lowest BCUT2D eigenvalue weighted by Crippen LogP contribution is -2.37. The first-order valence-electron chi connectivity index (χ1n) is 6.88.